The molecular formula is C20H21ClF3N3O2. The fourth-order valence-corrected chi connectivity index (χ4v) is 2.99. The predicted molar refractivity (Wildman–Crippen MR) is 111 cm³/mol. The molecule has 0 aromatic carbocycles. The highest BCUT2D eigenvalue weighted by Crippen LogP contribution is 2.40. The van der Waals surface area contributed by atoms with E-state index in [1.54, 1.807) is 6.92 Å². The van der Waals surface area contributed by atoms with Gasteiger partial charge < -0.3 is 9.67 Å². The van der Waals surface area contributed by atoms with Crippen molar-refractivity contribution >= 4 is 36.1 Å². The second-order valence-corrected chi connectivity index (χ2v) is 6.37. The Morgan fingerprint density at radius 2 is 1.97 bits per heavy atom. The van der Waals surface area contributed by atoms with Gasteiger partial charge in [0.1, 0.15) is 11.4 Å². The van der Waals surface area contributed by atoms with E-state index in [1.165, 1.54) is 44.6 Å². The first kappa shape index (κ1) is 24.2. The van der Waals surface area contributed by atoms with Crippen LogP contribution in [0.2, 0.25) is 0 Å². The summed E-state index contributed by atoms with van der Waals surface area (Å²) in [4.78, 5) is 19.3. The molecule has 0 spiro atoms. The molecule has 0 saturated carbocycles. The Morgan fingerprint density at radius 3 is 2.38 bits per heavy atom. The van der Waals surface area contributed by atoms with Gasteiger partial charge in [-0.15, -0.1) is 0 Å². The van der Waals surface area contributed by atoms with Gasteiger partial charge in [0, 0.05) is 35.6 Å². The lowest BCUT2D eigenvalue weighted by atomic mass is 10.00. The van der Waals surface area contributed by atoms with E-state index in [-0.39, 0.29) is 27.3 Å². The van der Waals surface area contributed by atoms with Gasteiger partial charge >= 0.3 is 12.1 Å². The molecule has 0 fully saturated rings. The van der Waals surface area contributed by atoms with E-state index in [4.69, 9.17) is 11.6 Å². The van der Waals surface area contributed by atoms with Crippen molar-refractivity contribution in [3.05, 3.63) is 64.1 Å². The van der Waals surface area contributed by atoms with Crippen molar-refractivity contribution in [2.45, 2.75) is 26.6 Å². The zero-order valence-corrected chi connectivity index (χ0v) is 17.0. The van der Waals surface area contributed by atoms with Gasteiger partial charge in [0.25, 0.3) is 0 Å². The number of rotatable bonds is 8. The fraction of sp³-hybridized carbons (Fsp3) is 0.250. The number of hydrogen-bond acceptors (Lipinski definition) is 3. The summed E-state index contributed by atoms with van der Waals surface area (Å²) in [6, 6.07) is 0. The normalized spacial score (nSPS) is 13.5. The van der Waals surface area contributed by atoms with Crippen LogP contribution in [0.3, 0.4) is 0 Å². The Bertz CT molecular complexity index is 936. The van der Waals surface area contributed by atoms with Crippen molar-refractivity contribution in [1.82, 2.24) is 4.57 Å². The Labute approximate surface area is 171 Å². The topological polar surface area (TPSA) is 67.0 Å². The molecule has 0 aliphatic heterocycles. The first-order chi connectivity index (χ1) is 13.5. The molecule has 1 N–H and O–H groups in total. The molecule has 1 heterocycles. The monoisotopic (exact) mass is 427 g/mol. The molecule has 0 unspecified atom stereocenters. The van der Waals surface area contributed by atoms with Crippen LogP contribution < -0.4 is 0 Å². The number of carboxylic acids is 1. The molecule has 156 valence electrons. The molecule has 0 aliphatic carbocycles. The third kappa shape index (κ3) is 5.80. The van der Waals surface area contributed by atoms with Gasteiger partial charge in [0.15, 0.2) is 0 Å². The molecule has 1 aromatic heterocycles. The van der Waals surface area contributed by atoms with E-state index in [1.807, 2.05) is 0 Å². The van der Waals surface area contributed by atoms with Gasteiger partial charge in [-0.2, -0.15) is 13.2 Å². The number of nitrogens with zero attached hydrogens (tertiary/aromatic N) is 3. The maximum Gasteiger partial charge on any atom is 0.431 e. The number of carbonyl (C=O) groups is 1. The number of aromatic nitrogens is 1. The number of alkyl halides is 3. The molecule has 0 radical (unpaired) electrons. The van der Waals surface area contributed by atoms with Gasteiger partial charge in [-0.1, -0.05) is 30.3 Å². The summed E-state index contributed by atoms with van der Waals surface area (Å²) < 4.78 is 42.4. The molecule has 5 nitrogen and oxygen atoms in total. The summed E-state index contributed by atoms with van der Waals surface area (Å²) in [6.45, 7) is 9.19. The van der Waals surface area contributed by atoms with E-state index in [9.17, 15) is 23.1 Å². The van der Waals surface area contributed by atoms with Gasteiger partial charge in [-0.05, 0) is 37.8 Å². The predicted octanol–water partition coefficient (Wildman–Crippen LogP) is 5.51. The van der Waals surface area contributed by atoms with Gasteiger partial charge in [-0.25, -0.2) is 4.79 Å². The van der Waals surface area contributed by atoms with E-state index < -0.39 is 30.1 Å². The third-order valence-corrected chi connectivity index (χ3v) is 4.04. The summed E-state index contributed by atoms with van der Waals surface area (Å²) in [7, 11) is 1.44. The highest BCUT2D eigenvalue weighted by Gasteiger charge is 2.41. The van der Waals surface area contributed by atoms with Crippen LogP contribution in [0.5, 0.6) is 0 Å². The minimum atomic E-state index is -4.79. The van der Waals surface area contributed by atoms with Crippen molar-refractivity contribution in [2.24, 2.45) is 9.98 Å². The molecule has 29 heavy (non-hydrogen) atoms. The summed E-state index contributed by atoms with van der Waals surface area (Å²) >= 11 is 5.71. The van der Waals surface area contributed by atoms with Crippen LogP contribution >= 0.6 is 11.6 Å². The highest BCUT2D eigenvalue weighted by atomic mass is 35.5. The highest BCUT2D eigenvalue weighted by molar-refractivity contribution is 6.30. The molecule has 1 aromatic rings. The van der Waals surface area contributed by atoms with E-state index >= 15 is 0 Å². The standard InChI is InChI=1S/C20H21ClF3N3O2/c1-6-15(8-7-12(2)21)16-13(3)18(20(22,23)24)27(17(16)19(28)29)11-14(9-25-4)10-26-5/h6-10H,2,4,11H2,1,3,5H3,(H,28,29). The molecule has 0 atom stereocenters. The van der Waals surface area contributed by atoms with E-state index in [0.29, 0.717) is 4.57 Å². The smallest absolute Gasteiger partial charge is 0.431 e. The first-order valence-corrected chi connectivity index (χ1v) is 8.67. The molecule has 0 amide bonds. The van der Waals surface area contributed by atoms with Gasteiger partial charge in [-0.3, -0.25) is 9.98 Å². The summed E-state index contributed by atoms with van der Waals surface area (Å²) in [6.07, 6.45) is 2.03. The second-order valence-electron chi connectivity index (χ2n) is 5.88. The largest absolute Gasteiger partial charge is 0.477 e. The molecule has 0 aliphatic rings. The lowest BCUT2D eigenvalue weighted by Crippen LogP contribution is -2.19. The van der Waals surface area contributed by atoms with Crippen molar-refractivity contribution in [2.75, 3.05) is 7.05 Å². The van der Waals surface area contributed by atoms with Crippen molar-refractivity contribution in [3.63, 3.8) is 0 Å². The summed E-state index contributed by atoms with van der Waals surface area (Å²) in [5, 5.41) is 9.92. The number of hydrogen-bond donors (Lipinski definition) is 1. The number of aromatic carboxylic acids is 1. The Balaban J connectivity index is 3.96. The molecule has 1 rings (SSSR count). The van der Waals surface area contributed by atoms with Crippen LogP contribution in [-0.4, -0.2) is 35.6 Å². The number of aliphatic imine (C=N–C) groups is 2. The van der Waals surface area contributed by atoms with Crippen molar-refractivity contribution < 1.29 is 23.1 Å². The lowest BCUT2D eigenvalue weighted by Gasteiger charge is -2.15. The number of allylic oxidation sites excluding steroid dienone is 6. The quantitative estimate of drug-likeness (QED) is 0.439. The lowest BCUT2D eigenvalue weighted by molar-refractivity contribution is -0.143. The van der Waals surface area contributed by atoms with Crippen molar-refractivity contribution in [1.29, 1.82) is 0 Å². The summed E-state index contributed by atoms with van der Waals surface area (Å²) in [5.74, 6) is -1.50. The molecule has 0 saturated heterocycles. The van der Waals surface area contributed by atoms with Crippen LogP contribution in [0.25, 0.3) is 5.57 Å². The van der Waals surface area contributed by atoms with Crippen LogP contribution in [0, 0.1) is 6.92 Å². The SMILES string of the molecule is C=NC=C(C=NC)Cn1c(C(=O)O)c(C(C=CC(=C)Cl)=CC)c(C)c1C(F)(F)F. The molecular weight excluding hydrogens is 407 g/mol. The van der Waals surface area contributed by atoms with E-state index in [0.717, 1.165) is 0 Å². The average Bonchev–Trinajstić information content (AvgIpc) is 2.88. The van der Waals surface area contributed by atoms with Crippen LogP contribution in [0.15, 0.2) is 51.6 Å². The van der Waals surface area contributed by atoms with Gasteiger partial charge in [0.2, 0.25) is 0 Å². The van der Waals surface area contributed by atoms with Crippen LogP contribution in [0.4, 0.5) is 13.2 Å². The zero-order valence-electron chi connectivity index (χ0n) is 16.2. The Hall–Kier alpha value is -2.87. The summed E-state index contributed by atoms with van der Waals surface area (Å²) in [5.41, 5.74) is -1.33. The zero-order chi connectivity index (χ0) is 22.4. The van der Waals surface area contributed by atoms with Crippen LogP contribution in [0.1, 0.15) is 34.2 Å². The maximum absolute atomic E-state index is 13.9. The van der Waals surface area contributed by atoms with E-state index in [2.05, 4.69) is 23.3 Å². The van der Waals surface area contributed by atoms with Crippen molar-refractivity contribution in [3.8, 4) is 0 Å². The first-order valence-electron chi connectivity index (χ1n) is 8.29. The van der Waals surface area contributed by atoms with Gasteiger partial charge in [0.05, 0.1) is 6.54 Å². The maximum atomic E-state index is 13.9. The number of carboxylic acid groups (broad SMARTS) is 1. The number of halogens is 4. The molecule has 0 bridgehead atoms. The Kier molecular flexibility index (Phi) is 8.39. The minimum Gasteiger partial charge on any atom is -0.477 e. The van der Waals surface area contributed by atoms with Crippen LogP contribution in [-0.2, 0) is 12.7 Å². The minimum absolute atomic E-state index is 0.0548. The third-order valence-electron chi connectivity index (χ3n) is 3.91. The fourth-order valence-electron chi connectivity index (χ4n) is 2.93. The average molecular weight is 428 g/mol. The Morgan fingerprint density at radius 1 is 1.34 bits per heavy atom. The second kappa shape index (κ2) is 10.1. The molecule has 9 heteroatoms.